The molecule has 0 amide bonds. The zero-order valence-electron chi connectivity index (χ0n) is 26.6. The van der Waals surface area contributed by atoms with Crippen LogP contribution in [0.25, 0.3) is 0 Å². The fourth-order valence-electron chi connectivity index (χ4n) is 5.21. The van der Waals surface area contributed by atoms with E-state index in [-0.39, 0.29) is 11.9 Å². The molecule has 0 aliphatic rings. The van der Waals surface area contributed by atoms with Crippen LogP contribution in [0.4, 0.5) is 0 Å². The van der Waals surface area contributed by atoms with Crippen molar-refractivity contribution < 1.29 is 14.3 Å². The molecule has 3 heteroatoms. The Kier molecular flexibility index (Phi) is 32.1. The number of hydrogen-bond donors (Lipinski definition) is 0. The van der Waals surface area contributed by atoms with Gasteiger partial charge < -0.3 is 4.74 Å². The highest BCUT2D eigenvalue weighted by molar-refractivity contribution is 5.85. The van der Waals surface area contributed by atoms with E-state index in [0.29, 0.717) is 12.8 Å². The molecule has 0 radical (unpaired) electrons. The van der Waals surface area contributed by atoms with Crippen LogP contribution in [-0.4, -0.2) is 11.9 Å². The topological polar surface area (TPSA) is 43.4 Å². The van der Waals surface area contributed by atoms with Gasteiger partial charge >= 0.3 is 11.9 Å². The van der Waals surface area contributed by atoms with Crippen molar-refractivity contribution in [3.05, 3.63) is 12.2 Å². The van der Waals surface area contributed by atoms with Crippen molar-refractivity contribution in [1.82, 2.24) is 0 Å². The molecule has 3 nitrogen and oxygen atoms in total. The molecule has 0 aromatic heterocycles. The van der Waals surface area contributed by atoms with E-state index in [1.165, 1.54) is 154 Å². The number of carbonyl (C=O) groups is 2. The molecule has 0 saturated heterocycles. The minimum Gasteiger partial charge on any atom is -0.393 e. The number of rotatable bonds is 31. The number of unbranched alkanes of at least 4 members (excludes halogenated alkanes) is 25. The van der Waals surface area contributed by atoms with Crippen molar-refractivity contribution in [2.24, 2.45) is 0 Å². The molecule has 0 atom stereocenters. The van der Waals surface area contributed by atoms with Gasteiger partial charge in [-0.1, -0.05) is 167 Å². The van der Waals surface area contributed by atoms with Gasteiger partial charge in [0.1, 0.15) is 0 Å². The maximum absolute atomic E-state index is 11.9. The third kappa shape index (κ3) is 33.0. The van der Waals surface area contributed by atoms with Crippen LogP contribution in [0.2, 0.25) is 0 Å². The van der Waals surface area contributed by atoms with E-state index in [4.69, 9.17) is 4.74 Å². The Labute approximate surface area is 244 Å². The SMILES string of the molecule is CCCCCCCC/C=C\CCCCCCCCCC(=O)OC(=O)CCCCCCCCCCCCCCC. The summed E-state index contributed by atoms with van der Waals surface area (Å²) >= 11 is 0. The lowest BCUT2D eigenvalue weighted by atomic mass is 10.0. The Morgan fingerprint density at radius 3 is 0.949 bits per heavy atom. The van der Waals surface area contributed by atoms with Crippen LogP contribution >= 0.6 is 0 Å². The molecular weight excluding hydrogens is 480 g/mol. The first-order valence-electron chi connectivity index (χ1n) is 17.6. The normalized spacial score (nSPS) is 11.4. The smallest absolute Gasteiger partial charge is 0.313 e. The number of esters is 2. The van der Waals surface area contributed by atoms with Crippen LogP contribution in [0.3, 0.4) is 0 Å². The van der Waals surface area contributed by atoms with Crippen LogP contribution in [-0.2, 0) is 14.3 Å². The summed E-state index contributed by atoms with van der Waals surface area (Å²) < 4.78 is 5.00. The highest BCUT2D eigenvalue weighted by Crippen LogP contribution is 2.14. The fraction of sp³-hybridized carbons (Fsp3) is 0.889. The number of ether oxygens (including phenoxy) is 1. The molecule has 0 rings (SSSR count). The van der Waals surface area contributed by atoms with Crippen molar-refractivity contribution in [3.63, 3.8) is 0 Å². The van der Waals surface area contributed by atoms with Crippen LogP contribution in [0.5, 0.6) is 0 Å². The van der Waals surface area contributed by atoms with Gasteiger partial charge in [0.05, 0.1) is 0 Å². The van der Waals surface area contributed by atoms with Crippen molar-refractivity contribution in [2.45, 2.75) is 206 Å². The molecule has 39 heavy (non-hydrogen) atoms. The lowest BCUT2D eigenvalue weighted by Gasteiger charge is -2.04. The average Bonchev–Trinajstić information content (AvgIpc) is 2.93. The van der Waals surface area contributed by atoms with Gasteiger partial charge in [0.25, 0.3) is 0 Å². The van der Waals surface area contributed by atoms with E-state index in [2.05, 4.69) is 26.0 Å². The van der Waals surface area contributed by atoms with E-state index >= 15 is 0 Å². The van der Waals surface area contributed by atoms with Crippen LogP contribution < -0.4 is 0 Å². The predicted octanol–water partition coefficient (Wildman–Crippen LogP) is 12.4. The Hall–Kier alpha value is -1.12. The summed E-state index contributed by atoms with van der Waals surface area (Å²) in [4.78, 5) is 23.8. The van der Waals surface area contributed by atoms with Gasteiger partial charge in [0, 0.05) is 12.8 Å². The first-order chi connectivity index (χ1) is 19.2. The van der Waals surface area contributed by atoms with E-state index in [1.54, 1.807) is 0 Å². The molecule has 0 spiro atoms. The van der Waals surface area contributed by atoms with Crippen molar-refractivity contribution in [3.8, 4) is 0 Å². The molecule has 0 aliphatic heterocycles. The largest absolute Gasteiger partial charge is 0.393 e. The average molecular weight is 549 g/mol. The minimum absolute atomic E-state index is 0.330. The van der Waals surface area contributed by atoms with E-state index in [9.17, 15) is 9.59 Å². The lowest BCUT2D eigenvalue weighted by molar-refractivity contribution is -0.159. The highest BCUT2D eigenvalue weighted by atomic mass is 16.6. The molecule has 0 saturated carbocycles. The monoisotopic (exact) mass is 549 g/mol. The quantitative estimate of drug-likeness (QED) is 0.0374. The summed E-state index contributed by atoms with van der Waals surface area (Å²) in [6.07, 6.45) is 41.2. The molecule has 0 heterocycles. The Morgan fingerprint density at radius 1 is 0.385 bits per heavy atom. The van der Waals surface area contributed by atoms with Crippen molar-refractivity contribution in [2.75, 3.05) is 0 Å². The van der Waals surface area contributed by atoms with Gasteiger partial charge in [-0.3, -0.25) is 9.59 Å². The van der Waals surface area contributed by atoms with Gasteiger partial charge in [0.15, 0.2) is 0 Å². The first kappa shape index (κ1) is 37.9. The molecule has 0 bridgehead atoms. The molecule has 0 aromatic carbocycles. The van der Waals surface area contributed by atoms with Gasteiger partial charge in [-0.05, 0) is 38.5 Å². The third-order valence-corrected chi connectivity index (χ3v) is 7.85. The van der Waals surface area contributed by atoms with E-state index < -0.39 is 0 Å². The lowest BCUT2D eigenvalue weighted by Crippen LogP contribution is -2.11. The van der Waals surface area contributed by atoms with Gasteiger partial charge in [-0.25, -0.2) is 0 Å². The van der Waals surface area contributed by atoms with E-state index in [0.717, 1.165) is 25.7 Å². The fourth-order valence-corrected chi connectivity index (χ4v) is 5.21. The summed E-state index contributed by atoms with van der Waals surface area (Å²) in [5, 5.41) is 0. The molecular formula is C36H68O3. The summed E-state index contributed by atoms with van der Waals surface area (Å²) in [5.74, 6) is -0.661. The Bertz CT molecular complexity index is 539. The van der Waals surface area contributed by atoms with Crippen LogP contribution in [0, 0.1) is 0 Å². The summed E-state index contributed by atoms with van der Waals surface area (Å²) in [6, 6.07) is 0. The number of allylic oxidation sites excluding steroid dienone is 2. The second-order valence-corrected chi connectivity index (χ2v) is 11.9. The molecule has 0 aliphatic carbocycles. The minimum atomic E-state index is -0.331. The first-order valence-corrected chi connectivity index (χ1v) is 17.6. The Balaban J connectivity index is 3.32. The van der Waals surface area contributed by atoms with E-state index in [1.807, 2.05) is 0 Å². The second kappa shape index (κ2) is 33.1. The standard InChI is InChI=1S/C36H68O3/c1-3-5-7-9-11-13-15-17-18-19-20-22-24-26-28-30-32-34-36(38)39-35(37)33-31-29-27-25-23-21-16-14-12-10-8-6-4-2/h17-18H,3-16,19-34H2,1-2H3/b18-17-. The van der Waals surface area contributed by atoms with Crippen LogP contribution in [0.1, 0.15) is 206 Å². The van der Waals surface area contributed by atoms with Crippen LogP contribution in [0.15, 0.2) is 12.2 Å². The number of hydrogen-bond acceptors (Lipinski definition) is 3. The zero-order valence-corrected chi connectivity index (χ0v) is 26.6. The molecule has 230 valence electrons. The predicted molar refractivity (Wildman–Crippen MR) is 170 cm³/mol. The van der Waals surface area contributed by atoms with Crippen molar-refractivity contribution in [1.29, 1.82) is 0 Å². The number of carbonyl (C=O) groups excluding carboxylic acids is 2. The summed E-state index contributed by atoms with van der Waals surface area (Å²) in [5.41, 5.74) is 0. The molecule has 0 N–H and O–H groups in total. The van der Waals surface area contributed by atoms with Gasteiger partial charge in [-0.15, -0.1) is 0 Å². The summed E-state index contributed by atoms with van der Waals surface area (Å²) in [6.45, 7) is 4.54. The molecule has 0 aromatic rings. The highest BCUT2D eigenvalue weighted by Gasteiger charge is 2.09. The zero-order chi connectivity index (χ0) is 28.5. The third-order valence-electron chi connectivity index (χ3n) is 7.85. The molecule has 0 unspecified atom stereocenters. The maximum Gasteiger partial charge on any atom is 0.313 e. The summed E-state index contributed by atoms with van der Waals surface area (Å²) in [7, 11) is 0. The Morgan fingerprint density at radius 2 is 0.641 bits per heavy atom. The van der Waals surface area contributed by atoms with Gasteiger partial charge in [0.2, 0.25) is 0 Å². The maximum atomic E-state index is 11.9. The van der Waals surface area contributed by atoms with Crippen molar-refractivity contribution >= 4 is 11.9 Å². The molecule has 0 fully saturated rings. The van der Waals surface area contributed by atoms with Gasteiger partial charge in [-0.2, -0.15) is 0 Å². The second-order valence-electron chi connectivity index (χ2n) is 11.9.